The molecule has 258 valence electrons. The van der Waals surface area contributed by atoms with Crippen LogP contribution in [0, 0.1) is 0 Å². The lowest BCUT2D eigenvalue weighted by Crippen LogP contribution is -2.15. The van der Waals surface area contributed by atoms with Crippen molar-refractivity contribution in [2.45, 2.75) is 25.4 Å². The fourth-order valence-corrected chi connectivity index (χ4v) is 7.88. The molecule has 4 aliphatic rings. The van der Waals surface area contributed by atoms with Crippen LogP contribution in [0.4, 0.5) is 0 Å². The zero-order chi connectivity index (χ0) is 36.0. The molecule has 0 amide bonds. The topological polar surface area (TPSA) is 61.0 Å². The van der Waals surface area contributed by atoms with Gasteiger partial charge in [-0.1, -0.05) is 128 Å². The molecule has 10 rings (SSSR count). The molecule has 5 heteroatoms. The van der Waals surface area contributed by atoms with Gasteiger partial charge in [0, 0.05) is 45.2 Å². The van der Waals surface area contributed by atoms with Crippen LogP contribution in [0.2, 0.25) is 0 Å². The number of fused-ring (bicyclic) bond motifs is 5. The van der Waals surface area contributed by atoms with E-state index in [1.807, 2.05) is 54.6 Å². The first-order valence-corrected chi connectivity index (χ1v) is 18.4. The minimum Gasteiger partial charge on any atom is -0.485 e. The minimum atomic E-state index is -0.140. The Morgan fingerprint density at radius 3 is 2.44 bits per heavy atom. The summed E-state index contributed by atoms with van der Waals surface area (Å²) < 4.78 is 12.6. The molecule has 0 radical (unpaired) electrons. The first-order chi connectivity index (χ1) is 26.7. The van der Waals surface area contributed by atoms with Crippen LogP contribution in [0.1, 0.15) is 58.5 Å². The van der Waals surface area contributed by atoms with Crippen molar-refractivity contribution in [3.8, 4) is 28.5 Å². The summed E-state index contributed by atoms with van der Waals surface area (Å²) in [6.07, 6.45) is 27.7. The molecule has 0 N–H and O–H groups in total. The third-order valence-electron chi connectivity index (χ3n) is 10.5. The molecule has 0 saturated carbocycles. The third-order valence-corrected chi connectivity index (χ3v) is 10.5. The molecule has 0 saturated heterocycles. The normalized spacial score (nSPS) is 19.4. The van der Waals surface area contributed by atoms with E-state index in [1.54, 1.807) is 12.3 Å². The highest BCUT2D eigenvalue weighted by molar-refractivity contribution is 6.01. The maximum absolute atomic E-state index is 6.64. The van der Waals surface area contributed by atoms with Crippen molar-refractivity contribution in [1.29, 1.82) is 0 Å². The van der Waals surface area contributed by atoms with E-state index >= 15 is 0 Å². The van der Waals surface area contributed by atoms with Crippen LogP contribution >= 0.6 is 0 Å². The summed E-state index contributed by atoms with van der Waals surface area (Å²) in [7, 11) is 0. The van der Waals surface area contributed by atoms with Gasteiger partial charge in [0.15, 0.2) is 17.5 Å². The summed E-state index contributed by atoms with van der Waals surface area (Å²) in [4.78, 5) is 15.3. The molecule has 2 aromatic heterocycles. The average molecular weight is 698 g/mol. The number of hydrogen-bond acceptors (Lipinski definition) is 5. The Balaban J connectivity index is 1.11. The number of ether oxygens (including phenoxy) is 1. The molecule has 0 fully saturated rings. The number of aromatic nitrogens is 3. The standard InChI is InChI=1S/C49H35N3O2/c1-2-3-12-37-30-53-45-29-36(23-25-39(37)45)48-50-47(33-14-7-4-8-15-33)51-49(52-48)40-19-11-20-44-46(40)42-28-35(24-26-43(42)54-44)38-18-9-5-6-13-31-16-10-17-32-21-22-34(38)27-41(31)32/h2-5,7-15,17-19,21-30,44H,1,6,16,20H2/b9-5+,12-3-,31-13-,38-18+/t44-/m1/s1. The molecule has 6 aromatic rings. The fraction of sp³-hybridized carbons (Fsp3) is 0.0816. The number of rotatable bonds is 6. The average Bonchev–Trinajstić information content (AvgIpc) is 3.82. The summed E-state index contributed by atoms with van der Waals surface area (Å²) in [6.45, 7) is 3.79. The van der Waals surface area contributed by atoms with E-state index in [1.165, 1.54) is 27.8 Å². The van der Waals surface area contributed by atoms with Gasteiger partial charge >= 0.3 is 0 Å². The highest BCUT2D eigenvalue weighted by atomic mass is 16.5. The van der Waals surface area contributed by atoms with Gasteiger partial charge in [-0.2, -0.15) is 0 Å². The predicted octanol–water partition coefficient (Wildman–Crippen LogP) is 12.0. The Morgan fingerprint density at radius 2 is 1.56 bits per heavy atom. The molecule has 0 unspecified atom stereocenters. The quantitative estimate of drug-likeness (QED) is 0.162. The minimum absolute atomic E-state index is 0.140. The van der Waals surface area contributed by atoms with E-state index in [9.17, 15) is 0 Å². The van der Waals surface area contributed by atoms with Crippen LogP contribution < -0.4 is 4.74 Å². The van der Waals surface area contributed by atoms with Gasteiger partial charge in [-0.05, 0) is 76.6 Å². The van der Waals surface area contributed by atoms with Crippen molar-refractivity contribution in [1.82, 2.24) is 15.0 Å². The van der Waals surface area contributed by atoms with E-state index in [2.05, 4.69) is 97.7 Å². The van der Waals surface area contributed by atoms with Gasteiger partial charge in [-0.3, -0.25) is 0 Å². The molecule has 4 aromatic carbocycles. The van der Waals surface area contributed by atoms with Crippen molar-refractivity contribution in [2.24, 2.45) is 0 Å². The Morgan fingerprint density at radius 1 is 0.741 bits per heavy atom. The van der Waals surface area contributed by atoms with Gasteiger partial charge in [0.05, 0.1) is 6.26 Å². The van der Waals surface area contributed by atoms with Crippen LogP contribution in [0.25, 0.3) is 68.2 Å². The number of nitrogens with zero attached hydrogens (tertiary/aromatic N) is 3. The van der Waals surface area contributed by atoms with Gasteiger partial charge in [0.1, 0.15) is 17.4 Å². The SMILES string of the molecule is C=C/C=C\c1coc2cc(-c3nc(C4=C5c6cc(/C7=C/C=C/C/C=C8/CC=Cc9ccc7cc98)ccc6O[C@@H]5CC=C4)nc(-c4ccccc4)n3)ccc12. The fourth-order valence-electron chi connectivity index (χ4n) is 7.88. The van der Waals surface area contributed by atoms with Crippen LogP contribution in [0.15, 0.2) is 157 Å². The summed E-state index contributed by atoms with van der Waals surface area (Å²) in [6, 6.07) is 29.6. The summed E-state index contributed by atoms with van der Waals surface area (Å²) in [5, 5.41) is 1.01. The molecular weight excluding hydrogens is 663 g/mol. The van der Waals surface area contributed by atoms with Crippen molar-refractivity contribution < 1.29 is 9.15 Å². The monoisotopic (exact) mass is 697 g/mol. The number of furan rings is 1. The zero-order valence-electron chi connectivity index (χ0n) is 29.6. The smallest absolute Gasteiger partial charge is 0.164 e. The lowest BCUT2D eigenvalue weighted by atomic mass is 9.85. The Labute approximate surface area is 314 Å². The number of benzene rings is 4. The molecule has 1 atom stereocenters. The number of allylic oxidation sites excluding steroid dienone is 10. The van der Waals surface area contributed by atoms with Gasteiger partial charge < -0.3 is 9.15 Å². The lowest BCUT2D eigenvalue weighted by molar-refractivity contribution is 0.279. The molecule has 2 bridgehead atoms. The van der Waals surface area contributed by atoms with Crippen molar-refractivity contribution in [3.05, 3.63) is 192 Å². The second kappa shape index (κ2) is 13.3. The van der Waals surface area contributed by atoms with E-state index < -0.39 is 0 Å². The van der Waals surface area contributed by atoms with Crippen LogP contribution in [0.5, 0.6) is 5.75 Å². The molecule has 3 aliphatic carbocycles. The van der Waals surface area contributed by atoms with Crippen LogP contribution in [-0.2, 0) is 0 Å². The molecule has 3 heterocycles. The second-order valence-corrected chi connectivity index (χ2v) is 13.8. The molecule has 54 heavy (non-hydrogen) atoms. The summed E-state index contributed by atoms with van der Waals surface area (Å²) in [5.74, 6) is 2.66. The first-order valence-electron chi connectivity index (χ1n) is 18.4. The van der Waals surface area contributed by atoms with Crippen molar-refractivity contribution in [2.75, 3.05) is 0 Å². The maximum Gasteiger partial charge on any atom is 0.164 e. The van der Waals surface area contributed by atoms with Gasteiger partial charge in [-0.25, -0.2) is 15.0 Å². The largest absolute Gasteiger partial charge is 0.485 e. The Hall–Kier alpha value is -6.85. The first kappa shape index (κ1) is 31.9. The van der Waals surface area contributed by atoms with Crippen LogP contribution in [0.3, 0.4) is 0 Å². The van der Waals surface area contributed by atoms with Crippen LogP contribution in [-0.4, -0.2) is 21.1 Å². The number of hydrogen-bond donors (Lipinski definition) is 0. The summed E-state index contributed by atoms with van der Waals surface area (Å²) >= 11 is 0. The van der Waals surface area contributed by atoms with E-state index in [-0.39, 0.29) is 6.10 Å². The lowest BCUT2D eigenvalue weighted by Gasteiger charge is -2.19. The third kappa shape index (κ3) is 5.62. The van der Waals surface area contributed by atoms with Crippen molar-refractivity contribution in [3.63, 3.8) is 0 Å². The predicted molar refractivity (Wildman–Crippen MR) is 220 cm³/mol. The highest BCUT2D eigenvalue weighted by Crippen LogP contribution is 2.47. The maximum atomic E-state index is 6.64. The molecular formula is C49H35N3O2. The van der Waals surface area contributed by atoms with E-state index in [0.717, 1.165) is 74.9 Å². The molecule has 1 aliphatic heterocycles. The second-order valence-electron chi connectivity index (χ2n) is 13.8. The van der Waals surface area contributed by atoms with E-state index in [4.69, 9.17) is 24.1 Å². The Bertz CT molecular complexity index is 2730. The Kier molecular flexibility index (Phi) is 7.84. The molecule has 0 spiro atoms. The summed E-state index contributed by atoms with van der Waals surface area (Å²) in [5.41, 5.74) is 14.1. The van der Waals surface area contributed by atoms with Gasteiger partial charge in [0.25, 0.3) is 0 Å². The zero-order valence-corrected chi connectivity index (χ0v) is 29.6. The van der Waals surface area contributed by atoms with Gasteiger partial charge in [0.2, 0.25) is 0 Å². The highest BCUT2D eigenvalue weighted by Gasteiger charge is 2.34. The van der Waals surface area contributed by atoms with E-state index in [0.29, 0.717) is 17.5 Å². The van der Waals surface area contributed by atoms with Gasteiger partial charge in [-0.15, -0.1) is 0 Å². The molecule has 5 nitrogen and oxygen atoms in total. The van der Waals surface area contributed by atoms with Crippen molar-refractivity contribution >= 4 is 45.4 Å².